The molecule has 0 radical (unpaired) electrons. The van der Waals surface area contributed by atoms with Gasteiger partial charge in [0.2, 0.25) is 0 Å². The second-order valence-corrected chi connectivity index (χ2v) is 6.67. The Hall–Kier alpha value is -0.780. The van der Waals surface area contributed by atoms with Gasteiger partial charge in [0.25, 0.3) is 0 Å². The van der Waals surface area contributed by atoms with Crippen LogP contribution in [-0.2, 0) is 6.42 Å². The minimum absolute atomic E-state index is 0.372. The Balaban J connectivity index is 1.85. The van der Waals surface area contributed by atoms with Crippen LogP contribution in [0.15, 0.2) is 5.38 Å². The number of hydrogen-bond acceptors (Lipinski definition) is 5. The Kier molecular flexibility index (Phi) is 4.48. The molecule has 1 unspecified atom stereocenters. The summed E-state index contributed by atoms with van der Waals surface area (Å²) in [5, 5.41) is 8.01. The summed E-state index contributed by atoms with van der Waals surface area (Å²) >= 11 is 3.53. The van der Waals surface area contributed by atoms with E-state index >= 15 is 0 Å². The first kappa shape index (κ1) is 13.6. The predicted octanol–water partition coefficient (Wildman–Crippen LogP) is 3.42. The molecule has 2 rings (SSSR count). The highest BCUT2D eigenvalue weighted by molar-refractivity contribution is 7.11. The SMILES string of the molecule is Cc1csc(CCNC(C)c2sc(C)nc2C)n1. The summed E-state index contributed by atoms with van der Waals surface area (Å²) in [6.07, 6.45) is 1.000. The minimum Gasteiger partial charge on any atom is -0.309 e. The molecule has 5 heteroatoms. The Morgan fingerprint density at radius 1 is 1.28 bits per heavy atom. The highest BCUT2D eigenvalue weighted by atomic mass is 32.1. The van der Waals surface area contributed by atoms with Crippen molar-refractivity contribution in [2.45, 2.75) is 40.2 Å². The van der Waals surface area contributed by atoms with Crippen molar-refractivity contribution in [3.63, 3.8) is 0 Å². The molecule has 0 saturated heterocycles. The molecule has 1 atom stereocenters. The van der Waals surface area contributed by atoms with Crippen LogP contribution in [0.4, 0.5) is 0 Å². The molecule has 0 spiro atoms. The molecule has 2 aromatic heterocycles. The first-order chi connectivity index (χ1) is 8.56. The van der Waals surface area contributed by atoms with Gasteiger partial charge in [-0.2, -0.15) is 0 Å². The van der Waals surface area contributed by atoms with Crippen LogP contribution in [0.3, 0.4) is 0 Å². The number of thiazole rings is 2. The number of nitrogens with zero attached hydrogens (tertiary/aromatic N) is 2. The zero-order valence-electron chi connectivity index (χ0n) is 11.3. The molecule has 3 nitrogen and oxygen atoms in total. The lowest BCUT2D eigenvalue weighted by Crippen LogP contribution is -2.21. The van der Waals surface area contributed by atoms with Gasteiger partial charge < -0.3 is 5.32 Å². The molecule has 1 N–H and O–H groups in total. The van der Waals surface area contributed by atoms with Crippen LogP contribution in [0.1, 0.15) is 39.2 Å². The third-order valence-electron chi connectivity index (χ3n) is 2.79. The van der Waals surface area contributed by atoms with Crippen LogP contribution >= 0.6 is 22.7 Å². The van der Waals surface area contributed by atoms with Gasteiger partial charge in [0, 0.05) is 35.0 Å². The Morgan fingerprint density at radius 3 is 2.61 bits per heavy atom. The molecule has 2 aromatic rings. The Labute approximate surface area is 116 Å². The fraction of sp³-hybridized carbons (Fsp3) is 0.538. The molecule has 0 aliphatic carbocycles. The van der Waals surface area contributed by atoms with E-state index in [1.807, 2.05) is 6.92 Å². The molecule has 18 heavy (non-hydrogen) atoms. The zero-order valence-corrected chi connectivity index (χ0v) is 12.9. The van der Waals surface area contributed by atoms with Crippen molar-refractivity contribution >= 4 is 22.7 Å². The number of aromatic nitrogens is 2. The average molecular weight is 281 g/mol. The van der Waals surface area contributed by atoms with Gasteiger partial charge in [0.15, 0.2) is 0 Å². The van der Waals surface area contributed by atoms with Crippen molar-refractivity contribution in [1.29, 1.82) is 0 Å². The van der Waals surface area contributed by atoms with E-state index < -0.39 is 0 Å². The molecular weight excluding hydrogens is 262 g/mol. The van der Waals surface area contributed by atoms with E-state index in [0.29, 0.717) is 6.04 Å². The standard InChI is InChI=1S/C13H19N3S2/c1-8-7-17-12(15-8)5-6-14-9(2)13-10(3)16-11(4)18-13/h7,9,14H,5-6H2,1-4H3. The summed E-state index contributed by atoms with van der Waals surface area (Å²) in [6, 6.07) is 0.372. The molecule has 0 aliphatic heterocycles. The third-order valence-corrected chi connectivity index (χ3v) is 5.07. The van der Waals surface area contributed by atoms with Gasteiger partial charge in [-0.25, -0.2) is 9.97 Å². The van der Waals surface area contributed by atoms with Crippen molar-refractivity contribution in [3.05, 3.63) is 31.7 Å². The topological polar surface area (TPSA) is 37.8 Å². The van der Waals surface area contributed by atoms with Gasteiger partial charge in [-0.1, -0.05) is 0 Å². The van der Waals surface area contributed by atoms with Gasteiger partial charge in [-0.3, -0.25) is 0 Å². The van der Waals surface area contributed by atoms with E-state index in [0.717, 1.165) is 29.4 Å². The van der Waals surface area contributed by atoms with Crippen LogP contribution in [0, 0.1) is 20.8 Å². The number of rotatable bonds is 5. The van der Waals surface area contributed by atoms with Crippen molar-refractivity contribution < 1.29 is 0 Å². The number of aryl methyl sites for hydroxylation is 3. The van der Waals surface area contributed by atoms with Gasteiger partial charge in [0.1, 0.15) is 0 Å². The summed E-state index contributed by atoms with van der Waals surface area (Å²) < 4.78 is 0. The summed E-state index contributed by atoms with van der Waals surface area (Å²) in [6.45, 7) is 9.35. The van der Waals surface area contributed by atoms with Crippen molar-refractivity contribution in [3.8, 4) is 0 Å². The van der Waals surface area contributed by atoms with E-state index in [1.165, 1.54) is 9.88 Å². The normalized spacial score (nSPS) is 12.9. The lowest BCUT2D eigenvalue weighted by molar-refractivity contribution is 0.580. The fourth-order valence-corrected chi connectivity index (χ4v) is 3.68. The van der Waals surface area contributed by atoms with Crippen molar-refractivity contribution in [2.75, 3.05) is 6.54 Å². The molecule has 0 amide bonds. The number of nitrogens with one attached hydrogen (secondary N) is 1. The summed E-state index contributed by atoms with van der Waals surface area (Å²) in [4.78, 5) is 10.3. The maximum atomic E-state index is 4.47. The van der Waals surface area contributed by atoms with Gasteiger partial charge >= 0.3 is 0 Å². The molecule has 0 aromatic carbocycles. The summed E-state index contributed by atoms with van der Waals surface area (Å²) in [5.74, 6) is 0. The maximum absolute atomic E-state index is 4.47. The van der Waals surface area contributed by atoms with E-state index in [1.54, 1.807) is 22.7 Å². The highest BCUT2D eigenvalue weighted by Crippen LogP contribution is 2.24. The molecular formula is C13H19N3S2. The second kappa shape index (κ2) is 5.91. The second-order valence-electron chi connectivity index (χ2n) is 4.49. The molecule has 98 valence electrons. The molecule has 0 bridgehead atoms. The largest absolute Gasteiger partial charge is 0.309 e. The van der Waals surface area contributed by atoms with E-state index in [4.69, 9.17) is 0 Å². The van der Waals surface area contributed by atoms with Gasteiger partial charge in [-0.05, 0) is 27.7 Å². The minimum atomic E-state index is 0.372. The quantitative estimate of drug-likeness (QED) is 0.912. The Bertz CT molecular complexity index is 516. The third kappa shape index (κ3) is 3.37. The molecule has 2 heterocycles. The molecule has 0 aliphatic rings. The van der Waals surface area contributed by atoms with E-state index in [2.05, 4.69) is 41.4 Å². The maximum Gasteiger partial charge on any atom is 0.0940 e. The van der Waals surface area contributed by atoms with Crippen molar-refractivity contribution in [2.24, 2.45) is 0 Å². The zero-order chi connectivity index (χ0) is 13.1. The fourth-order valence-electron chi connectivity index (χ4n) is 1.95. The van der Waals surface area contributed by atoms with E-state index in [9.17, 15) is 0 Å². The monoisotopic (exact) mass is 281 g/mol. The summed E-state index contributed by atoms with van der Waals surface area (Å²) in [7, 11) is 0. The summed E-state index contributed by atoms with van der Waals surface area (Å²) in [5.41, 5.74) is 2.28. The van der Waals surface area contributed by atoms with Gasteiger partial charge in [0.05, 0.1) is 15.7 Å². The first-order valence-electron chi connectivity index (χ1n) is 6.14. The van der Waals surface area contributed by atoms with Crippen LogP contribution in [0.2, 0.25) is 0 Å². The van der Waals surface area contributed by atoms with Gasteiger partial charge in [-0.15, -0.1) is 22.7 Å². The van der Waals surface area contributed by atoms with Crippen molar-refractivity contribution in [1.82, 2.24) is 15.3 Å². The predicted molar refractivity (Wildman–Crippen MR) is 78.6 cm³/mol. The highest BCUT2D eigenvalue weighted by Gasteiger charge is 2.12. The molecule has 0 fully saturated rings. The Morgan fingerprint density at radius 2 is 2.06 bits per heavy atom. The van der Waals surface area contributed by atoms with Crippen LogP contribution in [0.25, 0.3) is 0 Å². The lowest BCUT2D eigenvalue weighted by atomic mass is 10.2. The average Bonchev–Trinajstić information content (AvgIpc) is 2.85. The van der Waals surface area contributed by atoms with Crippen LogP contribution in [-0.4, -0.2) is 16.5 Å². The lowest BCUT2D eigenvalue weighted by Gasteiger charge is -2.11. The first-order valence-corrected chi connectivity index (χ1v) is 7.84. The van der Waals surface area contributed by atoms with Crippen LogP contribution in [0.5, 0.6) is 0 Å². The molecule has 0 saturated carbocycles. The number of hydrogen-bond donors (Lipinski definition) is 1. The smallest absolute Gasteiger partial charge is 0.0940 e. The van der Waals surface area contributed by atoms with E-state index in [-0.39, 0.29) is 0 Å². The van der Waals surface area contributed by atoms with Crippen LogP contribution < -0.4 is 5.32 Å².